The Labute approximate surface area is 145 Å². The Kier molecular flexibility index (Phi) is 3.33. The highest BCUT2D eigenvalue weighted by molar-refractivity contribution is 7.22. The van der Waals surface area contributed by atoms with E-state index < -0.39 is 0 Å². The molecule has 2 aliphatic rings. The summed E-state index contributed by atoms with van der Waals surface area (Å²) in [6.07, 6.45) is 4.70. The van der Waals surface area contributed by atoms with Crippen LogP contribution in [0.4, 0.5) is 5.13 Å². The van der Waals surface area contributed by atoms with Gasteiger partial charge in [-0.2, -0.15) is 0 Å². The molecule has 1 atom stereocenters. The molecule has 6 heteroatoms. The van der Waals surface area contributed by atoms with E-state index in [1.807, 2.05) is 11.3 Å². The van der Waals surface area contributed by atoms with E-state index in [0.717, 1.165) is 36.7 Å². The Morgan fingerprint density at radius 1 is 1.17 bits per heavy atom. The van der Waals surface area contributed by atoms with Crippen LogP contribution in [0.2, 0.25) is 0 Å². The number of hydrogen-bond donors (Lipinski definition) is 0. The molecular weight excluding hydrogens is 318 g/mol. The van der Waals surface area contributed by atoms with Crippen LogP contribution in [0, 0.1) is 6.92 Å². The fraction of sp³-hybridized carbons (Fsp3) is 0.500. The van der Waals surface area contributed by atoms with Gasteiger partial charge in [-0.25, -0.2) is 4.98 Å². The predicted molar refractivity (Wildman–Crippen MR) is 96.9 cm³/mol. The van der Waals surface area contributed by atoms with Crippen LogP contribution in [0.15, 0.2) is 18.2 Å². The molecule has 0 amide bonds. The van der Waals surface area contributed by atoms with E-state index in [1.165, 1.54) is 41.2 Å². The molecule has 2 aromatic heterocycles. The third kappa shape index (κ3) is 2.24. The summed E-state index contributed by atoms with van der Waals surface area (Å²) >= 11 is 1.83. The van der Waals surface area contributed by atoms with Gasteiger partial charge in [0.2, 0.25) is 0 Å². The molecule has 124 valence electrons. The molecule has 24 heavy (non-hydrogen) atoms. The number of thiazole rings is 1. The van der Waals surface area contributed by atoms with Gasteiger partial charge in [-0.1, -0.05) is 23.5 Å². The van der Waals surface area contributed by atoms with Crippen LogP contribution in [0.3, 0.4) is 0 Å². The Balaban J connectivity index is 1.45. The smallest absolute Gasteiger partial charge is 0.186 e. The number of aryl methyl sites for hydroxylation is 2. The van der Waals surface area contributed by atoms with Crippen LogP contribution in [0.5, 0.6) is 0 Å². The average Bonchev–Trinajstić information content (AvgIpc) is 3.30. The zero-order valence-electron chi connectivity index (χ0n) is 13.9. The van der Waals surface area contributed by atoms with Crippen molar-refractivity contribution >= 4 is 26.7 Å². The van der Waals surface area contributed by atoms with Gasteiger partial charge in [0.1, 0.15) is 11.6 Å². The molecule has 0 saturated carbocycles. The van der Waals surface area contributed by atoms with Crippen LogP contribution in [0.1, 0.15) is 42.4 Å². The van der Waals surface area contributed by atoms with Gasteiger partial charge < -0.3 is 9.47 Å². The first-order valence-electron chi connectivity index (χ1n) is 8.82. The van der Waals surface area contributed by atoms with E-state index in [4.69, 9.17) is 4.98 Å². The quantitative estimate of drug-likeness (QED) is 0.717. The van der Waals surface area contributed by atoms with Crippen molar-refractivity contribution in [2.45, 2.75) is 45.1 Å². The number of fused-ring (bicyclic) bond motifs is 2. The maximum Gasteiger partial charge on any atom is 0.186 e. The third-order valence-electron chi connectivity index (χ3n) is 5.30. The summed E-state index contributed by atoms with van der Waals surface area (Å²) in [5, 5.41) is 10.1. The number of hydrogen-bond acceptors (Lipinski definition) is 5. The van der Waals surface area contributed by atoms with E-state index in [2.05, 4.69) is 44.8 Å². The minimum atomic E-state index is 0.478. The number of piperidine rings is 1. The molecule has 1 aromatic carbocycles. The summed E-state index contributed by atoms with van der Waals surface area (Å²) in [5.41, 5.74) is 2.44. The lowest BCUT2D eigenvalue weighted by atomic mass is 9.97. The minimum absolute atomic E-state index is 0.478. The number of aromatic nitrogens is 4. The second kappa shape index (κ2) is 5.55. The molecule has 0 radical (unpaired) electrons. The molecule has 1 saturated heterocycles. The molecule has 5 nitrogen and oxygen atoms in total. The van der Waals surface area contributed by atoms with Gasteiger partial charge in [0, 0.05) is 32.0 Å². The zero-order valence-corrected chi connectivity index (χ0v) is 14.7. The van der Waals surface area contributed by atoms with Crippen molar-refractivity contribution in [1.82, 2.24) is 19.7 Å². The van der Waals surface area contributed by atoms with Gasteiger partial charge in [0.15, 0.2) is 5.13 Å². The Hall–Kier alpha value is -1.95. The maximum atomic E-state index is 4.89. The standard InChI is InChI=1S/C18H21N5S/c1-12-5-2-7-14-16(12)24-18(19-14)22-9-3-6-13(11-22)17-21-20-15-8-4-10-23(15)17/h2,5,7,13H,3-4,6,8-11H2,1H3. The highest BCUT2D eigenvalue weighted by atomic mass is 32.1. The molecule has 5 rings (SSSR count). The highest BCUT2D eigenvalue weighted by Crippen LogP contribution is 2.35. The summed E-state index contributed by atoms with van der Waals surface area (Å²) in [7, 11) is 0. The molecule has 3 aromatic rings. The Bertz CT molecular complexity index is 896. The van der Waals surface area contributed by atoms with Crippen LogP contribution >= 0.6 is 11.3 Å². The second-order valence-corrected chi connectivity index (χ2v) is 7.91. The number of rotatable bonds is 2. The lowest BCUT2D eigenvalue weighted by Crippen LogP contribution is -2.35. The van der Waals surface area contributed by atoms with E-state index >= 15 is 0 Å². The van der Waals surface area contributed by atoms with Crippen molar-refractivity contribution in [3.63, 3.8) is 0 Å². The second-order valence-electron chi connectivity index (χ2n) is 6.93. The number of anilines is 1. The van der Waals surface area contributed by atoms with Crippen molar-refractivity contribution in [3.05, 3.63) is 35.4 Å². The molecule has 0 N–H and O–H groups in total. The Morgan fingerprint density at radius 3 is 3.04 bits per heavy atom. The van der Waals surface area contributed by atoms with E-state index in [9.17, 15) is 0 Å². The lowest BCUT2D eigenvalue weighted by molar-refractivity contribution is 0.473. The monoisotopic (exact) mass is 339 g/mol. The fourth-order valence-corrected chi connectivity index (χ4v) is 5.12. The molecular formula is C18H21N5S. The molecule has 0 spiro atoms. The van der Waals surface area contributed by atoms with Crippen molar-refractivity contribution < 1.29 is 0 Å². The van der Waals surface area contributed by atoms with Gasteiger partial charge in [0.05, 0.1) is 10.2 Å². The molecule has 1 unspecified atom stereocenters. The van der Waals surface area contributed by atoms with E-state index in [-0.39, 0.29) is 0 Å². The first-order chi connectivity index (χ1) is 11.8. The van der Waals surface area contributed by atoms with Gasteiger partial charge in [-0.15, -0.1) is 10.2 Å². The van der Waals surface area contributed by atoms with Gasteiger partial charge in [-0.05, 0) is 37.8 Å². The summed E-state index contributed by atoms with van der Waals surface area (Å²) in [5.74, 6) is 2.86. The van der Waals surface area contributed by atoms with Crippen molar-refractivity contribution in [2.75, 3.05) is 18.0 Å². The van der Waals surface area contributed by atoms with Crippen LogP contribution in [-0.4, -0.2) is 32.8 Å². The summed E-state index contributed by atoms with van der Waals surface area (Å²) < 4.78 is 3.68. The largest absolute Gasteiger partial charge is 0.347 e. The summed E-state index contributed by atoms with van der Waals surface area (Å²) in [6.45, 7) is 5.37. The fourth-order valence-electron chi connectivity index (χ4n) is 4.05. The predicted octanol–water partition coefficient (Wildman–Crippen LogP) is 3.53. The van der Waals surface area contributed by atoms with Crippen molar-refractivity contribution in [1.29, 1.82) is 0 Å². The topological polar surface area (TPSA) is 46.8 Å². The van der Waals surface area contributed by atoms with E-state index in [0.29, 0.717) is 5.92 Å². The normalized spacial score (nSPS) is 20.7. The zero-order chi connectivity index (χ0) is 16.1. The average molecular weight is 339 g/mol. The van der Waals surface area contributed by atoms with Crippen molar-refractivity contribution in [3.8, 4) is 0 Å². The van der Waals surface area contributed by atoms with Gasteiger partial charge in [0.25, 0.3) is 0 Å². The molecule has 1 fully saturated rings. The minimum Gasteiger partial charge on any atom is -0.347 e. The van der Waals surface area contributed by atoms with Crippen LogP contribution < -0.4 is 4.90 Å². The van der Waals surface area contributed by atoms with Crippen LogP contribution in [-0.2, 0) is 13.0 Å². The SMILES string of the molecule is Cc1cccc2nc(N3CCCC(c4nnc5n4CCC5)C3)sc12. The van der Waals surface area contributed by atoms with E-state index in [1.54, 1.807) is 0 Å². The number of nitrogens with zero attached hydrogens (tertiary/aromatic N) is 5. The summed E-state index contributed by atoms with van der Waals surface area (Å²) in [4.78, 5) is 7.34. The third-order valence-corrected chi connectivity index (χ3v) is 6.56. The molecule has 0 aliphatic carbocycles. The van der Waals surface area contributed by atoms with Crippen LogP contribution in [0.25, 0.3) is 10.2 Å². The molecule has 4 heterocycles. The number of benzene rings is 1. The highest BCUT2D eigenvalue weighted by Gasteiger charge is 2.29. The first kappa shape index (κ1) is 14.4. The summed E-state index contributed by atoms with van der Waals surface area (Å²) in [6, 6.07) is 6.39. The first-order valence-corrected chi connectivity index (χ1v) is 9.64. The van der Waals surface area contributed by atoms with Gasteiger partial charge >= 0.3 is 0 Å². The lowest BCUT2D eigenvalue weighted by Gasteiger charge is -2.32. The van der Waals surface area contributed by atoms with Crippen molar-refractivity contribution in [2.24, 2.45) is 0 Å². The van der Waals surface area contributed by atoms with Gasteiger partial charge in [-0.3, -0.25) is 0 Å². The molecule has 0 bridgehead atoms. The molecule has 2 aliphatic heterocycles. The Morgan fingerprint density at radius 2 is 2.12 bits per heavy atom. The maximum absolute atomic E-state index is 4.89.